The zero-order chi connectivity index (χ0) is 27.2. The fraction of sp³-hybridized carbons (Fsp3) is 0.423. The quantitative estimate of drug-likeness (QED) is 0.283. The predicted octanol–water partition coefficient (Wildman–Crippen LogP) is 3.99. The van der Waals surface area contributed by atoms with Crippen LogP contribution in [0, 0.1) is 0 Å². The maximum atomic E-state index is 13.1. The lowest BCUT2D eigenvalue weighted by molar-refractivity contribution is -0.115. The van der Waals surface area contributed by atoms with Gasteiger partial charge < -0.3 is 24.7 Å². The van der Waals surface area contributed by atoms with Gasteiger partial charge in [0.1, 0.15) is 10.8 Å². The van der Waals surface area contributed by atoms with E-state index in [4.69, 9.17) is 9.47 Å². The molecule has 0 saturated heterocycles. The molecule has 1 aromatic carbocycles. The number of amides is 2. The van der Waals surface area contributed by atoms with Gasteiger partial charge in [-0.2, -0.15) is 0 Å². The third-order valence-corrected chi connectivity index (χ3v) is 8.56. The van der Waals surface area contributed by atoms with E-state index in [1.165, 1.54) is 23.1 Å². The number of rotatable bonds is 10. The van der Waals surface area contributed by atoms with Gasteiger partial charge >= 0.3 is 5.97 Å². The van der Waals surface area contributed by atoms with Crippen molar-refractivity contribution in [1.82, 2.24) is 20.1 Å². The van der Waals surface area contributed by atoms with Gasteiger partial charge in [0.2, 0.25) is 5.91 Å². The Morgan fingerprint density at radius 3 is 2.61 bits per heavy atom. The van der Waals surface area contributed by atoms with E-state index in [1.54, 1.807) is 56.8 Å². The summed E-state index contributed by atoms with van der Waals surface area (Å²) in [6, 6.07) is 6.81. The van der Waals surface area contributed by atoms with Crippen molar-refractivity contribution < 1.29 is 23.9 Å². The van der Waals surface area contributed by atoms with E-state index in [1.807, 2.05) is 0 Å². The van der Waals surface area contributed by atoms with E-state index in [9.17, 15) is 14.4 Å². The second kappa shape index (κ2) is 12.4. The molecule has 0 radical (unpaired) electrons. The van der Waals surface area contributed by atoms with Gasteiger partial charge in [-0.1, -0.05) is 11.8 Å². The monoisotopic (exact) mass is 557 g/mol. The number of esters is 1. The average molecular weight is 558 g/mol. The Morgan fingerprint density at radius 2 is 1.89 bits per heavy atom. The van der Waals surface area contributed by atoms with Crippen LogP contribution in [0.1, 0.15) is 63.7 Å². The minimum absolute atomic E-state index is 0.180. The molecule has 1 unspecified atom stereocenters. The van der Waals surface area contributed by atoms with Crippen LogP contribution in [0.4, 0.5) is 5.00 Å². The highest BCUT2D eigenvalue weighted by atomic mass is 32.2. The number of benzene rings is 1. The van der Waals surface area contributed by atoms with Gasteiger partial charge in [0.25, 0.3) is 5.91 Å². The SMILES string of the molecule is CCOC(=O)c1c(NC(=O)C(C)Sc2nnc(CNC(=O)c3ccc(OC)cc3)n2C)sc2c1CCCC2. The van der Waals surface area contributed by atoms with Gasteiger partial charge in [0.15, 0.2) is 11.0 Å². The molecular formula is C26H31N5O5S2. The first-order chi connectivity index (χ1) is 18.3. The molecule has 2 amide bonds. The third-order valence-electron chi connectivity index (χ3n) is 6.22. The van der Waals surface area contributed by atoms with Crippen molar-refractivity contribution in [2.24, 2.45) is 7.05 Å². The van der Waals surface area contributed by atoms with E-state index in [0.29, 0.717) is 32.9 Å². The van der Waals surface area contributed by atoms with Crippen LogP contribution in [0.25, 0.3) is 0 Å². The first-order valence-electron chi connectivity index (χ1n) is 12.4. The lowest BCUT2D eigenvalue weighted by Gasteiger charge is -2.13. The van der Waals surface area contributed by atoms with Gasteiger partial charge in [-0.15, -0.1) is 21.5 Å². The number of fused-ring (bicyclic) bond motifs is 1. The van der Waals surface area contributed by atoms with Gasteiger partial charge in [0.05, 0.1) is 31.1 Å². The summed E-state index contributed by atoms with van der Waals surface area (Å²) in [5, 5.41) is 14.7. The minimum atomic E-state index is -0.506. The Morgan fingerprint density at radius 1 is 1.16 bits per heavy atom. The number of carbonyl (C=O) groups excluding carboxylic acids is 3. The third kappa shape index (κ3) is 6.18. The Hall–Kier alpha value is -3.38. The molecule has 2 heterocycles. The Bertz CT molecular complexity index is 1320. The summed E-state index contributed by atoms with van der Waals surface area (Å²) in [6.07, 6.45) is 3.81. The number of thioether (sulfide) groups is 1. The molecule has 1 aliphatic carbocycles. The molecule has 1 atom stereocenters. The Kier molecular flexibility index (Phi) is 9.05. The van der Waals surface area contributed by atoms with Crippen LogP contribution in [0.3, 0.4) is 0 Å². The molecule has 10 nitrogen and oxygen atoms in total. The fourth-order valence-electron chi connectivity index (χ4n) is 4.10. The van der Waals surface area contributed by atoms with Gasteiger partial charge in [-0.3, -0.25) is 9.59 Å². The van der Waals surface area contributed by atoms with Crippen molar-refractivity contribution in [2.75, 3.05) is 19.0 Å². The zero-order valence-corrected chi connectivity index (χ0v) is 23.5. The Balaban J connectivity index is 1.38. The molecule has 0 saturated carbocycles. The van der Waals surface area contributed by atoms with E-state index in [0.717, 1.165) is 36.1 Å². The fourth-order valence-corrected chi connectivity index (χ4v) is 6.22. The molecule has 38 heavy (non-hydrogen) atoms. The topological polar surface area (TPSA) is 124 Å². The lowest BCUT2D eigenvalue weighted by atomic mass is 9.95. The summed E-state index contributed by atoms with van der Waals surface area (Å²) < 4.78 is 12.1. The largest absolute Gasteiger partial charge is 0.497 e. The predicted molar refractivity (Wildman–Crippen MR) is 146 cm³/mol. The van der Waals surface area contributed by atoms with Crippen LogP contribution in [-0.2, 0) is 36.0 Å². The number of aryl methyl sites for hydroxylation is 1. The highest BCUT2D eigenvalue weighted by Crippen LogP contribution is 2.39. The number of aromatic nitrogens is 3. The van der Waals surface area contributed by atoms with E-state index in [2.05, 4.69) is 20.8 Å². The summed E-state index contributed by atoms with van der Waals surface area (Å²) in [7, 11) is 3.35. The van der Waals surface area contributed by atoms with Crippen molar-refractivity contribution in [3.8, 4) is 5.75 Å². The number of anilines is 1. The molecule has 0 bridgehead atoms. The molecule has 2 N–H and O–H groups in total. The highest BCUT2D eigenvalue weighted by Gasteiger charge is 2.28. The van der Waals surface area contributed by atoms with Crippen molar-refractivity contribution in [3.05, 3.63) is 51.7 Å². The second-order valence-electron chi connectivity index (χ2n) is 8.75. The number of thiophene rings is 1. The number of nitrogens with one attached hydrogen (secondary N) is 2. The van der Waals surface area contributed by atoms with Crippen molar-refractivity contribution >= 4 is 45.9 Å². The van der Waals surface area contributed by atoms with Crippen LogP contribution in [-0.4, -0.2) is 51.5 Å². The second-order valence-corrected chi connectivity index (χ2v) is 11.2. The molecule has 0 spiro atoms. The van der Waals surface area contributed by atoms with Gasteiger partial charge in [-0.25, -0.2) is 4.79 Å². The molecule has 0 aliphatic heterocycles. The van der Waals surface area contributed by atoms with Crippen molar-refractivity contribution in [1.29, 1.82) is 0 Å². The molecule has 2 aromatic heterocycles. The number of ether oxygens (including phenoxy) is 2. The number of carbonyl (C=O) groups is 3. The van der Waals surface area contributed by atoms with E-state index in [-0.39, 0.29) is 25.0 Å². The van der Waals surface area contributed by atoms with Gasteiger partial charge in [-0.05, 0) is 69.4 Å². The van der Waals surface area contributed by atoms with E-state index < -0.39 is 11.2 Å². The van der Waals surface area contributed by atoms with Crippen LogP contribution >= 0.6 is 23.1 Å². The molecule has 4 rings (SSSR count). The standard InChI is InChI=1S/C26H31N5O5S2/c1-5-36-25(34)21-18-8-6-7-9-19(18)38-24(21)28-22(32)15(2)37-26-30-29-20(31(26)3)14-27-23(33)16-10-12-17(35-4)13-11-16/h10-13,15H,5-9,14H2,1-4H3,(H,27,33)(H,28,32). The van der Waals surface area contributed by atoms with Crippen LogP contribution < -0.4 is 15.4 Å². The van der Waals surface area contributed by atoms with Crippen LogP contribution in [0.15, 0.2) is 29.4 Å². The maximum Gasteiger partial charge on any atom is 0.341 e. The highest BCUT2D eigenvalue weighted by molar-refractivity contribution is 8.00. The van der Waals surface area contributed by atoms with Gasteiger partial charge in [0, 0.05) is 17.5 Å². The minimum Gasteiger partial charge on any atom is -0.497 e. The van der Waals surface area contributed by atoms with E-state index >= 15 is 0 Å². The number of methoxy groups -OCH3 is 1. The summed E-state index contributed by atoms with van der Waals surface area (Å²) in [6.45, 7) is 4.00. The Labute approximate surface area is 229 Å². The molecule has 0 fully saturated rings. The normalized spacial score (nSPS) is 13.4. The summed E-state index contributed by atoms with van der Waals surface area (Å²) in [5.41, 5.74) is 2.00. The summed E-state index contributed by atoms with van der Waals surface area (Å²) in [4.78, 5) is 39.4. The first-order valence-corrected chi connectivity index (χ1v) is 14.1. The van der Waals surface area contributed by atoms with Crippen LogP contribution in [0.5, 0.6) is 5.75 Å². The zero-order valence-electron chi connectivity index (χ0n) is 21.8. The number of hydrogen-bond acceptors (Lipinski definition) is 9. The molecule has 12 heteroatoms. The van der Waals surface area contributed by atoms with Crippen molar-refractivity contribution in [2.45, 2.75) is 56.5 Å². The first kappa shape index (κ1) is 27.6. The molecular weight excluding hydrogens is 526 g/mol. The van der Waals surface area contributed by atoms with Crippen molar-refractivity contribution in [3.63, 3.8) is 0 Å². The molecule has 202 valence electrons. The molecule has 1 aliphatic rings. The summed E-state index contributed by atoms with van der Waals surface area (Å²) in [5.74, 6) is 0.352. The van der Waals surface area contributed by atoms with Crippen LogP contribution in [0.2, 0.25) is 0 Å². The number of nitrogens with zero attached hydrogens (tertiary/aromatic N) is 3. The number of hydrogen-bond donors (Lipinski definition) is 2. The smallest absolute Gasteiger partial charge is 0.341 e. The lowest BCUT2D eigenvalue weighted by Crippen LogP contribution is -2.25. The maximum absolute atomic E-state index is 13.1. The average Bonchev–Trinajstić information content (AvgIpc) is 3.46. The summed E-state index contributed by atoms with van der Waals surface area (Å²) >= 11 is 2.71. The molecule has 3 aromatic rings.